The van der Waals surface area contributed by atoms with E-state index in [4.69, 9.17) is 0 Å². The second kappa shape index (κ2) is 26.0. The fraction of sp³-hybridized carbons (Fsp3) is 0.714. The van der Waals surface area contributed by atoms with E-state index >= 15 is 0 Å². The maximum Gasteiger partial charge on any atom is -0.0683 e. The molecule has 0 saturated carbocycles. The number of hydrogen-bond donors (Lipinski definition) is 2. The number of allylic oxidation sites excluding steroid dienone is 5. The normalized spacial score (nSPS) is 13.3. The van der Waals surface area contributed by atoms with Gasteiger partial charge in [0.25, 0.3) is 0 Å². The van der Waals surface area contributed by atoms with Crippen LogP contribution in [-0.2, 0) is 16.3 Å². The molecule has 0 aliphatic carbocycles. The fourth-order valence-electron chi connectivity index (χ4n) is 5.46. The first-order valence-corrected chi connectivity index (χ1v) is 22.8. The third-order valence-electron chi connectivity index (χ3n) is 9.44. The van der Waals surface area contributed by atoms with Gasteiger partial charge in [-0.1, -0.05) is 27.7 Å². The van der Waals surface area contributed by atoms with E-state index in [1.54, 1.807) is 0 Å². The Morgan fingerprint density at radius 1 is 0.956 bits per heavy atom. The van der Waals surface area contributed by atoms with Crippen LogP contribution in [0.4, 0.5) is 0 Å². The van der Waals surface area contributed by atoms with Crippen molar-refractivity contribution in [2.45, 2.75) is 174 Å². The van der Waals surface area contributed by atoms with E-state index in [0.717, 1.165) is 58.0 Å². The maximum absolute atomic E-state index is 11.7. The molecule has 2 nitrogen and oxygen atoms in total. The van der Waals surface area contributed by atoms with Crippen LogP contribution in [0.25, 0.3) is 0 Å². The van der Waals surface area contributed by atoms with Crippen LogP contribution in [0.2, 0.25) is 0 Å². The summed E-state index contributed by atoms with van der Waals surface area (Å²) in [5, 5.41) is 21.2. The number of halogens is 1. The van der Waals surface area contributed by atoms with E-state index in [9.17, 15) is 10.2 Å². The van der Waals surface area contributed by atoms with Crippen molar-refractivity contribution < 1.29 is 10.2 Å². The minimum Gasteiger partial charge on any atom is -0.0683 e. The number of aromatic hydroxyl groups is 1. The number of phenolic OH excluding ortho intramolecular Hbond substituents is 1. The van der Waals surface area contributed by atoms with Gasteiger partial charge in [0.15, 0.2) is 0 Å². The molecule has 0 fully saturated rings. The van der Waals surface area contributed by atoms with Crippen molar-refractivity contribution in [3.05, 3.63) is 64.8 Å². The predicted molar refractivity (Wildman–Crippen MR) is 216 cm³/mol. The Balaban J connectivity index is 0. The van der Waals surface area contributed by atoms with Crippen LogP contribution in [0.3, 0.4) is 0 Å². The molecular formula is C42H77IO2. The molecule has 0 radical (unpaired) electrons. The molecule has 0 aliphatic rings. The Bertz CT molecular complexity index is 967. The molecule has 0 aliphatic heterocycles. The van der Waals surface area contributed by atoms with Crippen LogP contribution in [0.15, 0.2) is 48.1 Å². The van der Waals surface area contributed by atoms with E-state index in [0.29, 0.717) is 5.75 Å². The third kappa shape index (κ3) is 16.1. The van der Waals surface area contributed by atoms with Crippen LogP contribution in [0.1, 0.15) is 171 Å². The summed E-state index contributed by atoms with van der Waals surface area (Å²) < 4.78 is 2.93. The van der Waals surface area contributed by atoms with Crippen molar-refractivity contribution >= 4 is 19.8 Å². The quantitative estimate of drug-likeness (QED) is 0.0570. The van der Waals surface area contributed by atoms with Gasteiger partial charge in [-0.3, -0.25) is 0 Å². The van der Waals surface area contributed by atoms with Crippen LogP contribution >= 0.6 is 19.8 Å². The van der Waals surface area contributed by atoms with E-state index in [1.165, 1.54) is 53.2 Å². The van der Waals surface area contributed by atoms with E-state index in [-0.39, 0.29) is 17.4 Å². The van der Waals surface area contributed by atoms with Crippen molar-refractivity contribution in [3.63, 3.8) is 0 Å². The summed E-state index contributed by atoms with van der Waals surface area (Å²) >= 11 is -1.58. The largest absolute Gasteiger partial charge is 0.0683 e. The number of benzene rings is 1. The number of phenols is 1. The molecule has 0 bridgehead atoms. The molecule has 1 unspecified atom stereocenters. The second-order valence-corrected chi connectivity index (χ2v) is 19.1. The Kier molecular flexibility index (Phi) is 26.6. The van der Waals surface area contributed by atoms with Gasteiger partial charge in [-0.05, 0) is 0 Å². The van der Waals surface area contributed by atoms with E-state index in [2.05, 4.69) is 99.3 Å². The van der Waals surface area contributed by atoms with Gasteiger partial charge in [0.1, 0.15) is 0 Å². The zero-order valence-corrected chi connectivity index (χ0v) is 34.5. The van der Waals surface area contributed by atoms with Crippen LogP contribution in [0, 0.1) is 5.41 Å². The first kappa shape index (κ1) is 46.1. The predicted octanol–water partition coefficient (Wildman–Crippen LogP) is 13.7. The number of aryl methyl sites for hydroxylation is 1. The average molecular weight is 741 g/mol. The molecule has 264 valence electrons. The summed E-state index contributed by atoms with van der Waals surface area (Å²) in [7, 11) is 0. The number of aliphatic hydroxyl groups excluding tert-OH is 1. The third-order valence-corrected chi connectivity index (χ3v) is 16.8. The smallest absolute Gasteiger partial charge is 0.0683 e. The summed E-state index contributed by atoms with van der Waals surface area (Å²) in [4.78, 5) is 0. The Morgan fingerprint density at radius 3 is 2.07 bits per heavy atom. The van der Waals surface area contributed by atoms with Crippen LogP contribution in [-0.4, -0.2) is 25.2 Å². The topological polar surface area (TPSA) is 40.5 Å². The minimum atomic E-state index is -1.58. The number of hydrogen-bond acceptors (Lipinski definition) is 2. The van der Waals surface area contributed by atoms with Crippen molar-refractivity contribution in [1.29, 1.82) is 0 Å². The summed E-state index contributed by atoms with van der Waals surface area (Å²) in [5.41, 5.74) is 6.64. The fourth-order valence-corrected chi connectivity index (χ4v) is 12.3. The summed E-state index contributed by atoms with van der Waals surface area (Å²) in [6.45, 7) is 33.0. The van der Waals surface area contributed by atoms with Crippen molar-refractivity contribution in [1.82, 2.24) is 0 Å². The van der Waals surface area contributed by atoms with Crippen molar-refractivity contribution in [2.24, 2.45) is 5.41 Å². The van der Waals surface area contributed by atoms with E-state index < -0.39 is 19.8 Å². The number of unbranched alkanes of at least 4 members (excludes halogenated alkanes) is 1. The monoisotopic (exact) mass is 740 g/mol. The van der Waals surface area contributed by atoms with Crippen LogP contribution in [0.5, 0.6) is 5.75 Å². The molecule has 1 atom stereocenters. The molecular weight excluding hydrogens is 663 g/mol. The number of aliphatic hydroxyl groups is 1. The summed E-state index contributed by atoms with van der Waals surface area (Å²) in [5.74, 6) is 0.525. The van der Waals surface area contributed by atoms with E-state index in [1.807, 2.05) is 27.7 Å². The summed E-state index contributed by atoms with van der Waals surface area (Å²) in [6.07, 6.45) is 19.3. The molecule has 1 aromatic carbocycles. The Morgan fingerprint density at radius 2 is 1.58 bits per heavy atom. The standard InChI is InChI=1S/C38H65IO2.2C2H6/c1-11-17-20-30(7)26-33(38(10,15-5)16-6)23-24-39(34(13-3)22-18-12-2)29-32-27-31(21-19-25-40)28-35(36(32)41)37(8,9)14-4;2*1-2/h12,23,26-28,34,40-41H,2,11,13-22,24-25,29H2,1,3-10H3;2*1-2H3/b30-26+,33-23+;;. The van der Waals surface area contributed by atoms with Gasteiger partial charge >= 0.3 is 264 Å². The molecule has 2 N–H and O–H groups in total. The number of rotatable bonds is 21. The van der Waals surface area contributed by atoms with Gasteiger partial charge in [-0.2, -0.15) is 0 Å². The molecule has 0 aromatic heterocycles. The van der Waals surface area contributed by atoms with Crippen molar-refractivity contribution in [3.8, 4) is 5.75 Å². The SMILES string of the molecule is C=CCCC(CC)I(C/C=C(\C=C(/C)CCCC)C(C)(CC)CC)Cc1cc(CCCO)cc(C(C)(C)CC)c1O.CC.CC. The molecule has 0 saturated heterocycles. The molecule has 45 heavy (non-hydrogen) atoms. The molecule has 0 amide bonds. The molecule has 3 heteroatoms. The first-order valence-electron chi connectivity index (χ1n) is 18.5. The second-order valence-electron chi connectivity index (χ2n) is 12.9. The number of alkyl halides is 3. The summed E-state index contributed by atoms with van der Waals surface area (Å²) in [6, 6.07) is 4.48. The van der Waals surface area contributed by atoms with Crippen molar-refractivity contribution in [2.75, 3.05) is 11.0 Å². The molecule has 1 aromatic rings. The average Bonchev–Trinajstić information content (AvgIpc) is 3.06. The molecule has 0 spiro atoms. The zero-order chi connectivity index (χ0) is 35.1. The van der Waals surface area contributed by atoms with Gasteiger partial charge in [-0.15, -0.1) is 0 Å². The van der Waals surface area contributed by atoms with Gasteiger partial charge in [-0.25, -0.2) is 0 Å². The van der Waals surface area contributed by atoms with Gasteiger partial charge in [0, 0.05) is 0 Å². The van der Waals surface area contributed by atoms with Gasteiger partial charge < -0.3 is 0 Å². The Hall–Kier alpha value is -1.07. The molecule has 1 rings (SSSR count). The zero-order valence-electron chi connectivity index (χ0n) is 32.3. The minimum absolute atomic E-state index is 0.0853. The first-order chi connectivity index (χ1) is 21.5. The Labute approximate surface area is 290 Å². The van der Waals surface area contributed by atoms with Crippen LogP contribution < -0.4 is 0 Å². The van der Waals surface area contributed by atoms with Gasteiger partial charge in [0.2, 0.25) is 0 Å². The molecule has 0 heterocycles. The maximum atomic E-state index is 11.7. The van der Waals surface area contributed by atoms with Gasteiger partial charge in [0.05, 0.1) is 0 Å².